The van der Waals surface area contributed by atoms with Crippen molar-refractivity contribution in [1.29, 1.82) is 0 Å². The number of carbonyl (C=O) groups is 1. The minimum absolute atomic E-state index is 0.0160. The van der Waals surface area contributed by atoms with Crippen molar-refractivity contribution in [2.45, 2.75) is 37.8 Å². The largest absolute Gasteiger partial charge is 0.348 e. The van der Waals surface area contributed by atoms with Crippen molar-refractivity contribution in [2.75, 3.05) is 0 Å². The number of hydrogen-bond acceptors (Lipinski definition) is 5. The van der Waals surface area contributed by atoms with Gasteiger partial charge in [-0.2, -0.15) is 0 Å². The van der Waals surface area contributed by atoms with Crippen LogP contribution in [0, 0.1) is 5.82 Å². The highest BCUT2D eigenvalue weighted by atomic mass is 19.1. The molecule has 1 fully saturated rings. The van der Waals surface area contributed by atoms with Crippen molar-refractivity contribution in [3.8, 4) is 22.5 Å². The molecule has 6 nitrogen and oxygen atoms in total. The summed E-state index contributed by atoms with van der Waals surface area (Å²) in [5.74, 6) is -0.549. The molecule has 2 aromatic heterocycles. The number of carbonyl (C=O) groups excluding carboxylic acids is 1. The zero-order valence-corrected chi connectivity index (χ0v) is 15.9. The van der Waals surface area contributed by atoms with Crippen LogP contribution in [0.2, 0.25) is 0 Å². The van der Waals surface area contributed by atoms with Crippen molar-refractivity contribution in [3.63, 3.8) is 0 Å². The molecule has 2 heterocycles. The zero-order chi connectivity index (χ0) is 20.2. The van der Waals surface area contributed by atoms with Gasteiger partial charge >= 0.3 is 0 Å². The smallest absolute Gasteiger partial charge is 0.251 e. The highest BCUT2D eigenvalue weighted by Crippen LogP contribution is 2.22. The number of hydrogen-bond donors (Lipinski definition) is 2. The Morgan fingerprint density at radius 3 is 2.38 bits per heavy atom. The van der Waals surface area contributed by atoms with E-state index >= 15 is 0 Å². The summed E-state index contributed by atoms with van der Waals surface area (Å²) in [6.07, 6.45) is 9.95. The average molecular weight is 391 g/mol. The van der Waals surface area contributed by atoms with Crippen LogP contribution in [0.1, 0.15) is 36.0 Å². The molecule has 1 aliphatic carbocycles. The molecule has 0 saturated heterocycles. The zero-order valence-electron chi connectivity index (χ0n) is 15.9. The first-order chi connectivity index (χ1) is 14.1. The quantitative estimate of drug-likeness (QED) is 0.711. The lowest BCUT2D eigenvalue weighted by molar-refractivity contribution is 0.0921. The van der Waals surface area contributed by atoms with E-state index in [4.69, 9.17) is 5.73 Å². The first-order valence-corrected chi connectivity index (χ1v) is 9.70. The summed E-state index contributed by atoms with van der Waals surface area (Å²) in [6, 6.07) is 8.58. The summed E-state index contributed by atoms with van der Waals surface area (Å²) in [5, 5.41) is 3.05. The van der Waals surface area contributed by atoms with E-state index in [2.05, 4.69) is 20.3 Å². The van der Waals surface area contributed by atoms with Gasteiger partial charge in [-0.25, -0.2) is 9.37 Å². The third-order valence-corrected chi connectivity index (χ3v) is 5.21. The number of halogens is 1. The highest BCUT2D eigenvalue weighted by Gasteiger charge is 2.23. The topological polar surface area (TPSA) is 93.8 Å². The molecule has 0 radical (unpaired) electrons. The third-order valence-electron chi connectivity index (χ3n) is 5.21. The van der Waals surface area contributed by atoms with Gasteiger partial charge in [-0.1, -0.05) is 25.0 Å². The second-order valence-corrected chi connectivity index (χ2v) is 7.29. The number of benzene rings is 1. The van der Waals surface area contributed by atoms with Crippen LogP contribution in [-0.4, -0.2) is 32.9 Å². The number of nitrogens with two attached hydrogens (primary N) is 1. The molecule has 29 heavy (non-hydrogen) atoms. The summed E-state index contributed by atoms with van der Waals surface area (Å²) in [6.45, 7) is 0. The Morgan fingerprint density at radius 2 is 1.66 bits per heavy atom. The van der Waals surface area contributed by atoms with E-state index in [0.29, 0.717) is 22.5 Å². The monoisotopic (exact) mass is 391 g/mol. The average Bonchev–Trinajstić information content (AvgIpc) is 2.75. The van der Waals surface area contributed by atoms with E-state index in [0.717, 1.165) is 37.4 Å². The van der Waals surface area contributed by atoms with Gasteiger partial charge in [-0.15, -0.1) is 0 Å². The van der Waals surface area contributed by atoms with Crippen LogP contribution in [0.3, 0.4) is 0 Å². The summed E-state index contributed by atoms with van der Waals surface area (Å²) in [7, 11) is 0. The minimum atomic E-state index is -0.428. The fraction of sp³-hybridized carbons (Fsp3) is 0.273. The molecule has 1 amide bonds. The lowest BCUT2D eigenvalue weighted by atomic mass is 9.91. The number of nitrogens with zero attached hydrogens (tertiary/aromatic N) is 3. The van der Waals surface area contributed by atoms with Crippen LogP contribution in [0.4, 0.5) is 4.39 Å². The Labute approximate surface area is 168 Å². The van der Waals surface area contributed by atoms with Gasteiger partial charge < -0.3 is 11.1 Å². The fourth-order valence-corrected chi connectivity index (χ4v) is 3.58. The van der Waals surface area contributed by atoms with E-state index in [-0.39, 0.29) is 18.0 Å². The van der Waals surface area contributed by atoms with E-state index in [1.165, 1.54) is 6.07 Å². The van der Waals surface area contributed by atoms with Crippen LogP contribution in [0.25, 0.3) is 22.5 Å². The SMILES string of the molecule is NC1CCCCC1NC(=O)c1ccc(-c2cncc(-c3cncc(F)c3)n2)cc1. The van der Waals surface area contributed by atoms with Gasteiger partial charge in [-0.3, -0.25) is 14.8 Å². The molecule has 4 rings (SSSR count). The summed E-state index contributed by atoms with van der Waals surface area (Å²) < 4.78 is 13.4. The molecule has 2 unspecified atom stereocenters. The minimum Gasteiger partial charge on any atom is -0.348 e. The fourth-order valence-electron chi connectivity index (χ4n) is 3.58. The molecule has 0 aliphatic heterocycles. The molecular weight excluding hydrogens is 369 g/mol. The Balaban J connectivity index is 1.50. The lowest BCUT2D eigenvalue weighted by Gasteiger charge is -2.29. The summed E-state index contributed by atoms with van der Waals surface area (Å²) in [5.41, 5.74) is 9.22. The third kappa shape index (κ3) is 4.46. The maximum atomic E-state index is 13.4. The molecule has 2 atom stereocenters. The van der Waals surface area contributed by atoms with Crippen LogP contribution in [-0.2, 0) is 0 Å². The molecule has 7 heteroatoms. The van der Waals surface area contributed by atoms with Crippen molar-refractivity contribution in [3.05, 3.63) is 66.5 Å². The van der Waals surface area contributed by atoms with Gasteiger partial charge in [0.1, 0.15) is 5.82 Å². The Hall–Kier alpha value is -3.19. The first-order valence-electron chi connectivity index (χ1n) is 9.70. The molecule has 0 spiro atoms. The van der Waals surface area contributed by atoms with Crippen LogP contribution in [0.5, 0.6) is 0 Å². The maximum absolute atomic E-state index is 13.4. The first kappa shape index (κ1) is 19.1. The number of aromatic nitrogens is 3. The summed E-state index contributed by atoms with van der Waals surface area (Å²) in [4.78, 5) is 25.1. The van der Waals surface area contributed by atoms with Crippen LogP contribution >= 0.6 is 0 Å². The van der Waals surface area contributed by atoms with E-state index in [1.807, 2.05) is 12.1 Å². The van der Waals surface area contributed by atoms with E-state index in [1.54, 1.807) is 30.7 Å². The summed E-state index contributed by atoms with van der Waals surface area (Å²) >= 11 is 0. The lowest BCUT2D eigenvalue weighted by Crippen LogP contribution is -2.49. The molecule has 1 aromatic carbocycles. The predicted octanol–water partition coefficient (Wildman–Crippen LogP) is 3.34. The standard InChI is InChI=1S/C22H22FN5O/c23-17-9-16(10-25-11-17)21-13-26-12-20(27-21)14-5-7-15(8-6-14)22(29)28-19-4-2-1-3-18(19)24/h5-13,18-19H,1-4,24H2,(H,28,29). The number of rotatable bonds is 4. The molecule has 3 aromatic rings. The van der Waals surface area contributed by atoms with Crippen molar-refractivity contribution in [2.24, 2.45) is 5.73 Å². The van der Waals surface area contributed by atoms with Crippen LogP contribution in [0.15, 0.2) is 55.1 Å². The molecule has 148 valence electrons. The molecular formula is C22H22FN5O. The van der Waals surface area contributed by atoms with Crippen molar-refractivity contribution < 1.29 is 9.18 Å². The Kier molecular flexibility index (Phi) is 5.57. The highest BCUT2D eigenvalue weighted by molar-refractivity contribution is 5.94. The van der Waals surface area contributed by atoms with Gasteiger partial charge in [0, 0.05) is 35.0 Å². The van der Waals surface area contributed by atoms with Gasteiger partial charge in [-0.05, 0) is 31.0 Å². The van der Waals surface area contributed by atoms with Crippen molar-refractivity contribution >= 4 is 5.91 Å². The van der Waals surface area contributed by atoms with Crippen molar-refractivity contribution in [1.82, 2.24) is 20.3 Å². The number of pyridine rings is 1. The van der Waals surface area contributed by atoms with Gasteiger partial charge in [0.15, 0.2) is 0 Å². The van der Waals surface area contributed by atoms with E-state index in [9.17, 15) is 9.18 Å². The number of amides is 1. The number of nitrogens with one attached hydrogen (secondary N) is 1. The van der Waals surface area contributed by atoms with Gasteiger partial charge in [0.25, 0.3) is 5.91 Å². The normalized spacial score (nSPS) is 19.0. The maximum Gasteiger partial charge on any atom is 0.251 e. The second kappa shape index (κ2) is 8.45. The molecule has 1 saturated carbocycles. The van der Waals surface area contributed by atoms with Gasteiger partial charge in [0.05, 0.1) is 30.0 Å². The second-order valence-electron chi connectivity index (χ2n) is 7.29. The predicted molar refractivity (Wildman–Crippen MR) is 108 cm³/mol. The molecule has 3 N–H and O–H groups in total. The van der Waals surface area contributed by atoms with Crippen LogP contribution < -0.4 is 11.1 Å². The van der Waals surface area contributed by atoms with Gasteiger partial charge in [0.2, 0.25) is 0 Å². The Morgan fingerprint density at radius 1 is 0.966 bits per heavy atom. The molecule has 1 aliphatic rings. The Bertz CT molecular complexity index is 1010. The van der Waals surface area contributed by atoms with E-state index < -0.39 is 5.82 Å². The molecule has 0 bridgehead atoms.